The summed E-state index contributed by atoms with van der Waals surface area (Å²) in [5, 5.41) is 0. The van der Waals surface area contributed by atoms with Gasteiger partial charge in [-0.25, -0.2) is 0 Å². The second-order valence-electron chi connectivity index (χ2n) is 1.35. The van der Waals surface area contributed by atoms with E-state index < -0.39 is 0 Å². The zero-order chi connectivity index (χ0) is 4.12. The Labute approximate surface area is 42.0 Å². The zero-order valence-electron chi connectivity index (χ0n) is 4.12. The molecule has 0 bridgehead atoms. The topological polar surface area (TPSA) is 0 Å². The summed E-state index contributed by atoms with van der Waals surface area (Å²) >= 11 is 0. The van der Waals surface area contributed by atoms with Gasteiger partial charge in [0.25, 0.3) is 0 Å². The molecule has 0 atom stereocenters. The van der Waals surface area contributed by atoms with Crippen molar-refractivity contribution in [1.29, 1.82) is 0 Å². The molecule has 0 aromatic rings. The second-order valence-corrected chi connectivity index (χ2v) is 10.1. The fraction of sp³-hybridized carbons (Fsp3) is 1.00. The molecule has 0 amide bonds. The van der Waals surface area contributed by atoms with Gasteiger partial charge >= 0.3 is 0 Å². The van der Waals surface area contributed by atoms with Crippen molar-refractivity contribution in [1.82, 2.24) is 0 Å². The van der Waals surface area contributed by atoms with Gasteiger partial charge < -0.3 is 0 Å². The quantitative estimate of drug-likeness (QED) is 0.358. The number of rotatable bonds is 2. The van der Waals surface area contributed by atoms with Gasteiger partial charge in [0.05, 0.1) is 0 Å². The molecule has 0 unspecified atom stereocenters. The standard InChI is InChI=1S/C2H12Si3/c3-1-5-2-4/h1-2,5H2,3-4H3. The van der Waals surface area contributed by atoms with Crippen LogP contribution in [0.1, 0.15) is 0 Å². The third-order valence-electron chi connectivity index (χ3n) is 0.707. The first-order valence-corrected chi connectivity index (χ1v) is 7.24. The van der Waals surface area contributed by atoms with Crippen molar-refractivity contribution in [3.63, 3.8) is 0 Å². The van der Waals surface area contributed by atoms with Crippen LogP contribution < -0.4 is 0 Å². The van der Waals surface area contributed by atoms with Gasteiger partial charge in [-0.2, -0.15) is 0 Å². The lowest BCUT2D eigenvalue weighted by Gasteiger charge is -1.77. The Kier molecular flexibility index (Phi) is 5.26. The molecule has 0 aromatic heterocycles. The van der Waals surface area contributed by atoms with Crippen molar-refractivity contribution in [2.24, 2.45) is 0 Å². The first-order chi connectivity index (χ1) is 2.41. The van der Waals surface area contributed by atoms with Gasteiger partial charge in [0.1, 0.15) is 0 Å². The van der Waals surface area contributed by atoms with Crippen LogP contribution >= 0.6 is 0 Å². The molecule has 0 fully saturated rings. The summed E-state index contributed by atoms with van der Waals surface area (Å²) in [5.74, 6) is 0. The molecule has 0 rings (SSSR count). The molecule has 3 heteroatoms. The Balaban J connectivity index is 2.19. The van der Waals surface area contributed by atoms with Crippen LogP contribution in [0.15, 0.2) is 0 Å². The highest BCUT2D eigenvalue weighted by molar-refractivity contribution is 6.54. The molecule has 0 spiro atoms. The maximum Gasteiger partial charge on any atom is 0.0129 e. The van der Waals surface area contributed by atoms with Gasteiger partial charge in [-0.15, -0.1) is 0 Å². The van der Waals surface area contributed by atoms with Gasteiger partial charge in [0.2, 0.25) is 0 Å². The Morgan fingerprint density at radius 2 is 1.60 bits per heavy atom. The van der Waals surface area contributed by atoms with Crippen molar-refractivity contribution in [2.75, 3.05) is 0 Å². The van der Waals surface area contributed by atoms with E-state index in [1.54, 1.807) is 11.3 Å². The average Bonchev–Trinajstić information content (AvgIpc) is 1.41. The molecule has 0 radical (unpaired) electrons. The lowest BCUT2D eigenvalue weighted by molar-refractivity contribution is 1.91. The Morgan fingerprint density at radius 3 is 1.60 bits per heavy atom. The minimum absolute atomic E-state index is 0.556. The molecular weight excluding hydrogens is 108 g/mol. The molecule has 0 aliphatic heterocycles. The molecule has 32 valence electrons. The molecule has 0 aromatic carbocycles. The molecule has 0 N–H and O–H groups in total. The summed E-state index contributed by atoms with van der Waals surface area (Å²) in [6, 6.07) is 0. The van der Waals surface area contributed by atoms with Crippen LogP contribution in [0.4, 0.5) is 0 Å². The fourth-order valence-corrected chi connectivity index (χ4v) is 9.55. The van der Waals surface area contributed by atoms with E-state index in [1.165, 1.54) is 20.5 Å². The lowest BCUT2D eigenvalue weighted by Crippen LogP contribution is -1.84. The van der Waals surface area contributed by atoms with Gasteiger partial charge in [-0.1, -0.05) is 11.3 Å². The van der Waals surface area contributed by atoms with E-state index in [1.807, 2.05) is 0 Å². The summed E-state index contributed by atoms with van der Waals surface area (Å²) < 4.78 is 0. The average molecular weight is 120 g/mol. The fourth-order valence-electron chi connectivity index (χ4n) is 0.354. The molecule has 0 saturated carbocycles. The van der Waals surface area contributed by atoms with E-state index in [-0.39, 0.29) is 0 Å². The Morgan fingerprint density at radius 1 is 1.20 bits per heavy atom. The van der Waals surface area contributed by atoms with Crippen LogP contribution in [0.25, 0.3) is 0 Å². The Hall–Kier alpha value is 0.651. The summed E-state index contributed by atoms with van der Waals surface area (Å²) in [6.07, 6.45) is 0. The highest BCUT2D eigenvalue weighted by Crippen LogP contribution is 1.68. The van der Waals surface area contributed by atoms with Crippen molar-refractivity contribution in [3.8, 4) is 0 Å². The van der Waals surface area contributed by atoms with Crippen molar-refractivity contribution >= 4 is 30.0 Å². The largest absolute Gasteiger partial charge is 0.0752 e. The second kappa shape index (κ2) is 4.65. The molecule has 0 saturated heterocycles. The first kappa shape index (κ1) is 5.65. The van der Waals surface area contributed by atoms with E-state index in [4.69, 9.17) is 0 Å². The van der Waals surface area contributed by atoms with E-state index in [0.717, 1.165) is 0 Å². The zero-order valence-corrected chi connectivity index (χ0v) is 9.54. The van der Waals surface area contributed by atoms with Crippen LogP contribution in [0.3, 0.4) is 0 Å². The predicted molar refractivity (Wildman–Crippen MR) is 38.0 cm³/mol. The van der Waals surface area contributed by atoms with Crippen LogP contribution in [0.2, 0.25) is 11.3 Å². The lowest BCUT2D eigenvalue weighted by atomic mass is 11.8. The summed E-state index contributed by atoms with van der Waals surface area (Å²) in [5.41, 5.74) is 3.31. The molecule has 0 aliphatic carbocycles. The van der Waals surface area contributed by atoms with Crippen molar-refractivity contribution in [3.05, 3.63) is 0 Å². The summed E-state index contributed by atoms with van der Waals surface area (Å²) in [6.45, 7) is 0. The molecule has 0 nitrogen and oxygen atoms in total. The maximum absolute atomic E-state index is 1.66. The van der Waals surface area contributed by atoms with Crippen LogP contribution in [-0.2, 0) is 0 Å². The first-order valence-electron chi connectivity index (χ1n) is 2.41. The van der Waals surface area contributed by atoms with Gasteiger partial charge in [-0.05, 0) is 20.5 Å². The smallest absolute Gasteiger partial charge is 0.0129 e. The molecule has 5 heavy (non-hydrogen) atoms. The van der Waals surface area contributed by atoms with E-state index >= 15 is 0 Å². The van der Waals surface area contributed by atoms with Crippen molar-refractivity contribution < 1.29 is 0 Å². The van der Waals surface area contributed by atoms with Crippen molar-refractivity contribution in [2.45, 2.75) is 11.3 Å². The van der Waals surface area contributed by atoms with Gasteiger partial charge in [-0.3, -0.25) is 0 Å². The molecule has 0 heterocycles. The Bertz CT molecular complexity index is 12.4. The molecule has 0 aliphatic rings. The number of hydrogen-bond donors (Lipinski definition) is 0. The van der Waals surface area contributed by atoms with E-state index in [9.17, 15) is 0 Å². The predicted octanol–water partition coefficient (Wildman–Crippen LogP) is -2.36. The van der Waals surface area contributed by atoms with E-state index in [2.05, 4.69) is 0 Å². The maximum atomic E-state index is 1.66. The minimum atomic E-state index is 0.556. The van der Waals surface area contributed by atoms with Crippen LogP contribution in [0.5, 0.6) is 0 Å². The highest BCUT2D eigenvalue weighted by Gasteiger charge is 1.70. The highest BCUT2D eigenvalue weighted by atomic mass is 28.3. The third-order valence-corrected chi connectivity index (χ3v) is 6.36. The molecular formula is C2H12Si3. The number of hydrogen-bond acceptors (Lipinski definition) is 0. The van der Waals surface area contributed by atoms with Crippen LogP contribution in [0, 0.1) is 0 Å². The minimum Gasteiger partial charge on any atom is -0.0752 e. The summed E-state index contributed by atoms with van der Waals surface area (Å²) in [4.78, 5) is 0. The van der Waals surface area contributed by atoms with Gasteiger partial charge in [0.15, 0.2) is 0 Å². The SMILES string of the molecule is [SiH3]C[SiH2]C[SiH3]. The van der Waals surface area contributed by atoms with Gasteiger partial charge in [0, 0.05) is 9.52 Å². The monoisotopic (exact) mass is 120 g/mol. The van der Waals surface area contributed by atoms with E-state index in [0.29, 0.717) is 9.52 Å². The normalized spacial score (nSPS) is 12.0. The third kappa shape index (κ3) is 4.65. The summed E-state index contributed by atoms with van der Waals surface area (Å²) in [7, 11) is 3.52. The van der Waals surface area contributed by atoms with Crippen LogP contribution in [-0.4, -0.2) is 30.0 Å².